The van der Waals surface area contributed by atoms with E-state index in [0.717, 1.165) is 36.7 Å². The molecule has 0 aromatic carbocycles. The number of carboxylic acids is 1. The number of nitrogens with zero attached hydrogens (tertiary/aromatic N) is 2. The Morgan fingerprint density at radius 1 is 1.63 bits per heavy atom. The van der Waals surface area contributed by atoms with Gasteiger partial charge in [-0.05, 0) is 55.0 Å². The first-order valence-electron chi connectivity index (χ1n) is 6.69. The fourth-order valence-corrected chi connectivity index (χ4v) is 2.46. The monoisotopic (exact) mass is 329 g/mol. The summed E-state index contributed by atoms with van der Waals surface area (Å²) in [4.78, 5) is 11.4. The van der Waals surface area contributed by atoms with Crippen molar-refractivity contribution < 1.29 is 9.90 Å². The molecule has 1 fully saturated rings. The molecule has 1 aliphatic carbocycles. The fraction of sp³-hybridized carbons (Fsp3) is 0.692. The third-order valence-electron chi connectivity index (χ3n) is 3.49. The number of hydrogen-bond acceptors (Lipinski definition) is 3. The van der Waals surface area contributed by atoms with E-state index in [1.807, 2.05) is 10.9 Å². The lowest BCUT2D eigenvalue weighted by atomic mass is 9.94. The first kappa shape index (κ1) is 14.5. The summed E-state index contributed by atoms with van der Waals surface area (Å²) in [5, 5.41) is 16.8. The van der Waals surface area contributed by atoms with Gasteiger partial charge in [0.25, 0.3) is 0 Å². The van der Waals surface area contributed by atoms with Crippen LogP contribution in [0.2, 0.25) is 0 Å². The average Bonchev–Trinajstić information content (AvgIpc) is 3.05. The number of aryl methyl sites for hydroxylation is 1. The Morgan fingerprint density at radius 3 is 2.89 bits per heavy atom. The SMILES string of the molecule is CC(CCCCn1cc(Br)cn1)(NC1CC1)C(=O)O. The van der Waals surface area contributed by atoms with Crippen molar-refractivity contribution in [2.45, 2.75) is 57.2 Å². The highest BCUT2D eigenvalue weighted by molar-refractivity contribution is 9.10. The summed E-state index contributed by atoms with van der Waals surface area (Å²) in [5.74, 6) is -0.749. The van der Waals surface area contributed by atoms with E-state index in [4.69, 9.17) is 0 Å². The van der Waals surface area contributed by atoms with E-state index < -0.39 is 11.5 Å². The molecule has 1 unspecified atom stereocenters. The smallest absolute Gasteiger partial charge is 0.323 e. The van der Waals surface area contributed by atoms with Crippen LogP contribution < -0.4 is 5.32 Å². The van der Waals surface area contributed by atoms with E-state index in [1.54, 1.807) is 13.1 Å². The number of aromatic nitrogens is 2. The largest absolute Gasteiger partial charge is 0.480 e. The molecule has 1 aromatic rings. The zero-order valence-electron chi connectivity index (χ0n) is 11.1. The van der Waals surface area contributed by atoms with E-state index in [-0.39, 0.29) is 0 Å². The maximum absolute atomic E-state index is 11.4. The number of nitrogens with one attached hydrogen (secondary N) is 1. The molecule has 2 rings (SSSR count). The molecule has 0 radical (unpaired) electrons. The van der Waals surface area contributed by atoms with Crippen molar-refractivity contribution in [2.75, 3.05) is 0 Å². The molecule has 5 nitrogen and oxygen atoms in total. The molecule has 1 aromatic heterocycles. The molecule has 106 valence electrons. The molecule has 0 bridgehead atoms. The minimum atomic E-state index is -0.786. The second-order valence-electron chi connectivity index (χ2n) is 5.43. The van der Waals surface area contributed by atoms with E-state index in [0.29, 0.717) is 12.5 Å². The van der Waals surface area contributed by atoms with Gasteiger partial charge in [0.05, 0.1) is 10.7 Å². The van der Waals surface area contributed by atoms with Crippen LogP contribution in [0.4, 0.5) is 0 Å². The van der Waals surface area contributed by atoms with Gasteiger partial charge in [0.1, 0.15) is 5.54 Å². The van der Waals surface area contributed by atoms with E-state index in [9.17, 15) is 9.90 Å². The van der Waals surface area contributed by atoms with Crippen LogP contribution in [0, 0.1) is 0 Å². The van der Waals surface area contributed by atoms with Gasteiger partial charge in [-0.2, -0.15) is 5.10 Å². The summed E-state index contributed by atoms with van der Waals surface area (Å²) < 4.78 is 2.84. The molecule has 2 N–H and O–H groups in total. The van der Waals surface area contributed by atoms with Crippen molar-refractivity contribution in [2.24, 2.45) is 0 Å². The molecule has 6 heteroatoms. The number of aliphatic carboxylic acids is 1. The summed E-state index contributed by atoms with van der Waals surface area (Å²) in [6.07, 6.45) is 8.35. The number of carboxylic acid groups (broad SMARTS) is 1. The van der Waals surface area contributed by atoms with E-state index in [1.165, 1.54) is 0 Å². The van der Waals surface area contributed by atoms with Crippen LogP contribution in [0.15, 0.2) is 16.9 Å². The molecular weight excluding hydrogens is 310 g/mol. The molecule has 0 aliphatic heterocycles. The lowest BCUT2D eigenvalue weighted by Crippen LogP contribution is -2.50. The standard InChI is InChI=1S/C13H20BrN3O2/c1-13(12(18)19,16-11-4-5-11)6-2-3-7-17-9-10(14)8-15-17/h8-9,11,16H,2-7H2,1H3,(H,18,19). The van der Waals surface area contributed by atoms with Crippen molar-refractivity contribution in [3.63, 3.8) is 0 Å². The molecule has 0 saturated heterocycles. The molecule has 1 heterocycles. The Labute approximate surface area is 121 Å². The Kier molecular flexibility index (Phi) is 4.62. The summed E-state index contributed by atoms with van der Waals surface area (Å²) in [5.41, 5.74) is -0.786. The third kappa shape index (κ3) is 4.31. The normalized spacial score (nSPS) is 18.2. The van der Waals surface area contributed by atoms with Gasteiger partial charge in [0.2, 0.25) is 0 Å². The highest BCUT2D eigenvalue weighted by Crippen LogP contribution is 2.25. The molecule has 1 saturated carbocycles. The molecule has 1 atom stereocenters. The zero-order valence-corrected chi connectivity index (χ0v) is 12.7. The highest BCUT2D eigenvalue weighted by atomic mass is 79.9. The first-order chi connectivity index (χ1) is 8.99. The van der Waals surface area contributed by atoms with Gasteiger partial charge in [-0.15, -0.1) is 0 Å². The van der Waals surface area contributed by atoms with Gasteiger partial charge in [0, 0.05) is 18.8 Å². The average molecular weight is 330 g/mol. The van der Waals surface area contributed by atoms with Crippen LogP contribution in [0.25, 0.3) is 0 Å². The lowest BCUT2D eigenvalue weighted by molar-refractivity contribution is -0.144. The Hall–Kier alpha value is -0.880. The first-order valence-corrected chi connectivity index (χ1v) is 7.48. The minimum absolute atomic E-state index is 0.406. The molecular formula is C13H20BrN3O2. The second kappa shape index (κ2) is 6.05. The molecule has 0 spiro atoms. The van der Waals surface area contributed by atoms with Crippen LogP contribution in [-0.4, -0.2) is 32.4 Å². The second-order valence-corrected chi connectivity index (χ2v) is 6.35. The van der Waals surface area contributed by atoms with Gasteiger partial charge < -0.3 is 5.11 Å². The predicted octanol–water partition coefficient (Wildman–Crippen LogP) is 2.41. The maximum atomic E-state index is 11.4. The molecule has 19 heavy (non-hydrogen) atoms. The van der Waals surface area contributed by atoms with Gasteiger partial charge in [0.15, 0.2) is 0 Å². The van der Waals surface area contributed by atoms with Crippen molar-refractivity contribution in [3.05, 3.63) is 16.9 Å². The number of carbonyl (C=O) groups is 1. The topological polar surface area (TPSA) is 67.2 Å². The van der Waals surface area contributed by atoms with Crippen molar-refractivity contribution in [3.8, 4) is 0 Å². The lowest BCUT2D eigenvalue weighted by Gasteiger charge is -2.26. The summed E-state index contributed by atoms with van der Waals surface area (Å²) >= 11 is 3.35. The minimum Gasteiger partial charge on any atom is -0.480 e. The van der Waals surface area contributed by atoms with Gasteiger partial charge in [-0.25, -0.2) is 0 Å². The predicted molar refractivity (Wildman–Crippen MR) is 76.0 cm³/mol. The van der Waals surface area contributed by atoms with Crippen LogP contribution >= 0.6 is 15.9 Å². The summed E-state index contributed by atoms with van der Waals surface area (Å²) in [6, 6.07) is 0.406. The third-order valence-corrected chi connectivity index (χ3v) is 3.90. The van der Waals surface area contributed by atoms with Crippen LogP contribution in [0.1, 0.15) is 39.0 Å². The van der Waals surface area contributed by atoms with E-state index in [2.05, 4.69) is 26.3 Å². The van der Waals surface area contributed by atoms with Crippen LogP contribution in [0.5, 0.6) is 0 Å². The zero-order chi connectivity index (χ0) is 13.9. The quantitative estimate of drug-likeness (QED) is 0.719. The maximum Gasteiger partial charge on any atom is 0.323 e. The summed E-state index contributed by atoms with van der Waals surface area (Å²) in [6.45, 7) is 2.61. The highest BCUT2D eigenvalue weighted by Gasteiger charge is 2.37. The molecule has 0 amide bonds. The molecule has 1 aliphatic rings. The van der Waals surface area contributed by atoms with Crippen molar-refractivity contribution in [1.29, 1.82) is 0 Å². The number of unbranched alkanes of at least 4 members (excludes halogenated alkanes) is 1. The van der Waals surface area contributed by atoms with Crippen molar-refractivity contribution >= 4 is 21.9 Å². The fourth-order valence-electron chi connectivity index (χ4n) is 2.13. The number of halogens is 1. The Morgan fingerprint density at radius 2 is 2.37 bits per heavy atom. The van der Waals surface area contributed by atoms with Crippen LogP contribution in [-0.2, 0) is 11.3 Å². The van der Waals surface area contributed by atoms with Gasteiger partial charge in [-0.3, -0.25) is 14.8 Å². The van der Waals surface area contributed by atoms with Crippen molar-refractivity contribution in [1.82, 2.24) is 15.1 Å². The summed E-state index contributed by atoms with van der Waals surface area (Å²) in [7, 11) is 0. The Balaban J connectivity index is 1.74. The van der Waals surface area contributed by atoms with Gasteiger partial charge in [-0.1, -0.05) is 0 Å². The number of hydrogen-bond donors (Lipinski definition) is 2. The van der Waals surface area contributed by atoms with Gasteiger partial charge >= 0.3 is 5.97 Å². The van der Waals surface area contributed by atoms with E-state index >= 15 is 0 Å². The number of rotatable bonds is 8. The van der Waals surface area contributed by atoms with Crippen LogP contribution in [0.3, 0.4) is 0 Å². The Bertz CT molecular complexity index is 445.